The standard InChI is InChI=1S/C18H25NO.BrH/c1-6-17(4,5)19-13-14(2)18(20,12-15(19)3)16-10-8-7-9-11-16;/h1,7-11,14-15,20H,12-13H2,2-5H3;1H/t14-,15+,18+;/m1./s1. The van der Waals surface area contributed by atoms with Gasteiger partial charge in [0.25, 0.3) is 0 Å². The monoisotopic (exact) mass is 351 g/mol. The van der Waals surface area contributed by atoms with Crippen molar-refractivity contribution in [3.63, 3.8) is 0 Å². The van der Waals surface area contributed by atoms with E-state index in [1.54, 1.807) is 0 Å². The molecule has 2 rings (SSSR count). The number of nitrogens with zero attached hydrogens (tertiary/aromatic N) is 1. The fourth-order valence-electron chi connectivity index (χ4n) is 3.38. The number of hydrogen-bond acceptors (Lipinski definition) is 2. The molecule has 1 saturated heterocycles. The lowest BCUT2D eigenvalue weighted by molar-refractivity contribution is -0.105. The molecule has 0 aliphatic carbocycles. The number of hydrogen-bond donors (Lipinski definition) is 1. The lowest BCUT2D eigenvalue weighted by Crippen LogP contribution is -2.59. The normalized spacial score (nSPS) is 30.3. The molecular weight excluding hydrogens is 326 g/mol. The highest BCUT2D eigenvalue weighted by Crippen LogP contribution is 2.41. The fraction of sp³-hybridized carbons (Fsp3) is 0.556. The van der Waals surface area contributed by atoms with Gasteiger partial charge in [0.1, 0.15) is 0 Å². The van der Waals surface area contributed by atoms with E-state index in [0.29, 0.717) is 6.42 Å². The minimum absolute atomic E-state index is 0. The van der Waals surface area contributed by atoms with Gasteiger partial charge in [-0.3, -0.25) is 4.90 Å². The lowest BCUT2D eigenvalue weighted by atomic mass is 9.73. The minimum Gasteiger partial charge on any atom is -0.385 e. The van der Waals surface area contributed by atoms with E-state index in [2.05, 4.69) is 38.5 Å². The van der Waals surface area contributed by atoms with Gasteiger partial charge in [-0.1, -0.05) is 43.2 Å². The first-order chi connectivity index (χ1) is 9.31. The molecule has 1 heterocycles. The minimum atomic E-state index is -0.762. The third-order valence-electron chi connectivity index (χ3n) is 4.77. The third kappa shape index (κ3) is 3.34. The Balaban J connectivity index is 0.00000220. The molecule has 1 N–H and O–H groups in total. The first kappa shape index (κ1) is 18.2. The molecule has 0 amide bonds. The van der Waals surface area contributed by atoms with Gasteiger partial charge < -0.3 is 5.11 Å². The topological polar surface area (TPSA) is 23.5 Å². The molecule has 21 heavy (non-hydrogen) atoms. The molecule has 1 fully saturated rings. The van der Waals surface area contributed by atoms with E-state index in [0.717, 1.165) is 12.1 Å². The Hall–Kier alpha value is -0.820. The molecule has 3 heteroatoms. The van der Waals surface area contributed by atoms with Crippen molar-refractivity contribution in [2.24, 2.45) is 5.92 Å². The van der Waals surface area contributed by atoms with Gasteiger partial charge in [0.05, 0.1) is 11.1 Å². The van der Waals surface area contributed by atoms with Gasteiger partial charge in [-0.05, 0) is 32.8 Å². The van der Waals surface area contributed by atoms with Crippen LogP contribution in [-0.2, 0) is 5.60 Å². The number of piperidine rings is 1. The maximum absolute atomic E-state index is 11.2. The average molecular weight is 352 g/mol. The summed E-state index contributed by atoms with van der Waals surface area (Å²) in [7, 11) is 0. The van der Waals surface area contributed by atoms with E-state index >= 15 is 0 Å². The molecule has 0 unspecified atom stereocenters. The van der Waals surface area contributed by atoms with Crippen LogP contribution in [0.3, 0.4) is 0 Å². The molecule has 1 aliphatic heterocycles. The second-order valence-corrected chi connectivity index (χ2v) is 6.60. The number of rotatable bonds is 2. The number of halogens is 1. The van der Waals surface area contributed by atoms with Crippen LogP contribution in [0.4, 0.5) is 0 Å². The molecule has 0 aromatic heterocycles. The SMILES string of the molecule is Br.C#CC(C)(C)N1C[C@@H](C)[C@](O)(c2ccccc2)C[C@@H]1C. The van der Waals surface area contributed by atoms with Crippen LogP contribution in [0.25, 0.3) is 0 Å². The molecule has 2 nitrogen and oxygen atoms in total. The first-order valence-corrected chi connectivity index (χ1v) is 7.33. The van der Waals surface area contributed by atoms with Crippen LogP contribution in [0.2, 0.25) is 0 Å². The maximum Gasteiger partial charge on any atom is 0.0948 e. The molecule has 116 valence electrons. The molecule has 0 saturated carbocycles. The van der Waals surface area contributed by atoms with Crippen LogP contribution in [0.5, 0.6) is 0 Å². The summed E-state index contributed by atoms with van der Waals surface area (Å²) in [6.07, 6.45) is 6.38. The number of likely N-dealkylation sites (tertiary alicyclic amines) is 1. The Kier molecular flexibility index (Phi) is 5.66. The van der Waals surface area contributed by atoms with Gasteiger partial charge >= 0.3 is 0 Å². The van der Waals surface area contributed by atoms with E-state index < -0.39 is 5.60 Å². The second kappa shape index (κ2) is 6.52. The third-order valence-corrected chi connectivity index (χ3v) is 4.77. The van der Waals surface area contributed by atoms with Gasteiger partial charge in [-0.2, -0.15) is 0 Å². The number of terminal acetylenes is 1. The van der Waals surface area contributed by atoms with Crippen molar-refractivity contribution in [3.05, 3.63) is 35.9 Å². The lowest BCUT2D eigenvalue weighted by Gasteiger charge is -2.51. The van der Waals surface area contributed by atoms with Crippen molar-refractivity contribution in [2.75, 3.05) is 6.54 Å². The van der Waals surface area contributed by atoms with Crippen LogP contribution in [0.1, 0.15) is 39.7 Å². The Morgan fingerprint density at radius 3 is 2.38 bits per heavy atom. The Bertz CT molecular complexity index is 508. The summed E-state index contributed by atoms with van der Waals surface area (Å²) in [6.45, 7) is 9.22. The quantitative estimate of drug-likeness (QED) is 0.823. The van der Waals surface area contributed by atoms with Gasteiger partial charge in [0.15, 0.2) is 0 Å². The highest BCUT2D eigenvalue weighted by Gasteiger charge is 2.46. The summed E-state index contributed by atoms with van der Waals surface area (Å²) >= 11 is 0. The zero-order valence-electron chi connectivity index (χ0n) is 13.3. The van der Waals surface area contributed by atoms with Crippen LogP contribution in [-0.4, -0.2) is 28.1 Å². The first-order valence-electron chi connectivity index (χ1n) is 7.33. The number of benzene rings is 1. The fourth-order valence-corrected chi connectivity index (χ4v) is 3.38. The zero-order chi connectivity index (χ0) is 15.0. The highest BCUT2D eigenvalue weighted by molar-refractivity contribution is 8.93. The largest absolute Gasteiger partial charge is 0.385 e. The summed E-state index contributed by atoms with van der Waals surface area (Å²) in [5.41, 5.74) is -0.0226. The molecule has 1 aromatic rings. The summed E-state index contributed by atoms with van der Waals surface area (Å²) in [5, 5.41) is 11.2. The average Bonchev–Trinajstić information content (AvgIpc) is 2.43. The molecule has 3 atom stereocenters. The molecule has 0 radical (unpaired) electrons. The summed E-state index contributed by atoms with van der Waals surface area (Å²) in [4.78, 5) is 2.33. The summed E-state index contributed by atoms with van der Waals surface area (Å²) < 4.78 is 0. The van der Waals surface area contributed by atoms with Crippen LogP contribution >= 0.6 is 17.0 Å². The van der Waals surface area contributed by atoms with Crippen molar-refractivity contribution in [1.82, 2.24) is 4.90 Å². The predicted octanol–water partition coefficient (Wildman–Crippen LogP) is 3.59. The Labute approximate surface area is 139 Å². The summed E-state index contributed by atoms with van der Waals surface area (Å²) in [6, 6.07) is 10.3. The smallest absolute Gasteiger partial charge is 0.0948 e. The molecule has 1 aromatic carbocycles. The van der Waals surface area contributed by atoms with E-state index in [-0.39, 0.29) is 34.5 Å². The highest BCUT2D eigenvalue weighted by atomic mass is 79.9. The molecule has 1 aliphatic rings. The second-order valence-electron chi connectivity index (χ2n) is 6.60. The summed E-state index contributed by atoms with van der Waals surface area (Å²) in [5.74, 6) is 3.02. The van der Waals surface area contributed by atoms with Crippen LogP contribution in [0.15, 0.2) is 30.3 Å². The van der Waals surface area contributed by atoms with Crippen molar-refractivity contribution in [3.8, 4) is 12.3 Å². The van der Waals surface area contributed by atoms with Gasteiger partial charge in [0.2, 0.25) is 0 Å². The van der Waals surface area contributed by atoms with Crippen LogP contribution in [0, 0.1) is 18.3 Å². The van der Waals surface area contributed by atoms with Gasteiger partial charge in [-0.25, -0.2) is 0 Å². The molecular formula is C18H26BrNO. The van der Waals surface area contributed by atoms with Gasteiger partial charge in [-0.15, -0.1) is 23.4 Å². The van der Waals surface area contributed by atoms with Crippen molar-refractivity contribution >= 4 is 17.0 Å². The van der Waals surface area contributed by atoms with E-state index in [1.165, 1.54) is 0 Å². The zero-order valence-corrected chi connectivity index (χ0v) is 15.0. The predicted molar refractivity (Wildman–Crippen MR) is 93.5 cm³/mol. The van der Waals surface area contributed by atoms with E-state index in [9.17, 15) is 5.11 Å². The van der Waals surface area contributed by atoms with Crippen molar-refractivity contribution in [1.29, 1.82) is 0 Å². The maximum atomic E-state index is 11.2. The van der Waals surface area contributed by atoms with Crippen molar-refractivity contribution < 1.29 is 5.11 Å². The Morgan fingerprint density at radius 2 is 1.86 bits per heavy atom. The van der Waals surface area contributed by atoms with E-state index in [1.807, 2.05) is 30.3 Å². The van der Waals surface area contributed by atoms with Crippen LogP contribution < -0.4 is 0 Å². The molecule has 0 spiro atoms. The van der Waals surface area contributed by atoms with Gasteiger partial charge in [0, 0.05) is 18.5 Å². The van der Waals surface area contributed by atoms with Crippen molar-refractivity contribution in [2.45, 2.75) is 51.3 Å². The van der Waals surface area contributed by atoms with E-state index in [4.69, 9.17) is 6.42 Å². The number of aliphatic hydroxyl groups is 1. The molecule has 0 bridgehead atoms. The Morgan fingerprint density at radius 1 is 1.29 bits per heavy atom.